The second kappa shape index (κ2) is 6.93. The molecular formula is C19H17NO3S. The molecule has 0 atom stereocenters. The fraction of sp³-hybridized carbons (Fsp3) is 0.158. The molecule has 0 N–H and O–H groups in total. The Morgan fingerprint density at radius 2 is 1.79 bits per heavy atom. The lowest BCUT2D eigenvalue weighted by atomic mass is 10.1. The highest BCUT2D eigenvalue weighted by molar-refractivity contribution is 8.19. The van der Waals surface area contributed by atoms with E-state index in [4.69, 9.17) is 9.47 Å². The number of aryl methyl sites for hydroxylation is 1. The van der Waals surface area contributed by atoms with Gasteiger partial charge in [0.15, 0.2) is 0 Å². The lowest BCUT2D eigenvalue weighted by molar-refractivity contribution is -0.113. The number of benzene rings is 2. The molecule has 0 bridgehead atoms. The fourth-order valence-corrected chi connectivity index (χ4v) is 3.23. The van der Waals surface area contributed by atoms with Gasteiger partial charge < -0.3 is 9.47 Å². The van der Waals surface area contributed by atoms with Crippen LogP contribution in [0.2, 0.25) is 0 Å². The van der Waals surface area contributed by atoms with Gasteiger partial charge in [0.1, 0.15) is 16.5 Å². The van der Waals surface area contributed by atoms with Gasteiger partial charge in [0.25, 0.3) is 5.91 Å². The van der Waals surface area contributed by atoms with E-state index >= 15 is 0 Å². The van der Waals surface area contributed by atoms with Gasteiger partial charge in [-0.15, -0.1) is 0 Å². The van der Waals surface area contributed by atoms with E-state index in [1.807, 2.05) is 49.4 Å². The summed E-state index contributed by atoms with van der Waals surface area (Å²) in [5.74, 6) is 1.15. The maximum Gasteiger partial charge on any atom is 0.284 e. The van der Waals surface area contributed by atoms with E-state index < -0.39 is 0 Å². The molecule has 1 aliphatic heterocycles. The Labute approximate surface area is 145 Å². The molecule has 0 unspecified atom stereocenters. The molecule has 0 aliphatic carbocycles. The first-order valence-electron chi connectivity index (χ1n) is 7.42. The minimum absolute atomic E-state index is 0.236. The van der Waals surface area contributed by atoms with Crippen molar-refractivity contribution in [2.75, 3.05) is 14.2 Å². The third-order valence-corrected chi connectivity index (χ3v) is 4.68. The van der Waals surface area contributed by atoms with Crippen molar-refractivity contribution in [1.29, 1.82) is 0 Å². The van der Waals surface area contributed by atoms with Gasteiger partial charge in [0.05, 0.1) is 19.1 Å². The van der Waals surface area contributed by atoms with Crippen LogP contribution in [0.4, 0.5) is 0 Å². The Kier molecular flexibility index (Phi) is 4.71. The van der Waals surface area contributed by atoms with Gasteiger partial charge in [-0.25, -0.2) is 4.99 Å². The zero-order valence-electron chi connectivity index (χ0n) is 13.7. The van der Waals surface area contributed by atoms with E-state index in [-0.39, 0.29) is 5.91 Å². The van der Waals surface area contributed by atoms with Gasteiger partial charge in [-0.1, -0.05) is 41.6 Å². The van der Waals surface area contributed by atoms with Gasteiger partial charge in [-0.2, -0.15) is 0 Å². The van der Waals surface area contributed by atoms with Crippen molar-refractivity contribution in [3.8, 4) is 11.5 Å². The molecule has 0 radical (unpaired) electrons. The number of aliphatic imine (C=N–C) groups is 1. The molecule has 2 aromatic carbocycles. The monoisotopic (exact) mass is 339 g/mol. The first kappa shape index (κ1) is 16.3. The van der Waals surface area contributed by atoms with Gasteiger partial charge >= 0.3 is 0 Å². The van der Waals surface area contributed by atoms with Crippen LogP contribution >= 0.6 is 11.8 Å². The number of nitrogens with zero attached hydrogens (tertiary/aromatic N) is 1. The molecule has 3 rings (SSSR count). The third kappa shape index (κ3) is 3.36. The summed E-state index contributed by atoms with van der Waals surface area (Å²) >= 11 is 1.37. The zero-order chi connectivity index (χ0) is 17.1. The van der Waals surface area contributed by atoms with Crippen LogP contribution in [0.5, 0.6) is 11.5 Å². The molecule has 1 heterocycles. The number of carbonyl (C=O) groups is 1. The molecule has 0 saturated heterocycles. The zero-order valence-corrected chi connectivity index (χ0v) is 14.5. The van der Waals surface area contributed by atoms with Gasteiger partial charge in [0.2, 0.25) is 0 Å². The van der Waals surface area contributed by atoms with E-state index in [1.54, 1.807) is 20.3 Å². The minimum atomic E-state index is -0.236. The van der Waals surface area contributed by atoms with Gasteiger partial charge in [-0.3, -0.25) is 4.79 Å². The molecule has 0 aromatic heterocycles. The molecule has 1 amide bonds. The summed E-state index contributed by atoms with van der Waals surface area (Å²) in [6.07, 6.45) is 1.79. The van der Waals surface area contributed by atoms with Crippen LogP contribution in [0.15, 0.2) is 52.4 Å². The number of hydrogen-bond donors (Lipinski definition) is 0. The number of thioether (sulfide) groups is 1. The molecule has 0 fully saturated rings. The minimum Gasteiger partial charge on any atom is -0.497 e. The molecule has 0 spiro atoms. The van der Waals surface area contributed by atoms with Crippen molar-refractivity contribution in [1.82, 2.24) is 0 Å². The van der Waals surface area contributed by atoms with Crippen LogP contribution in [-0.4, -0.2) is 25.2 Å². The largest absolute Gasteiger partial charge is 0.497 e. The molecular weight excluding hydrogens is 322 g/mol. The molecule has 24 heavy (non-hydrogen) atoms. The van der Waals surface area contributed by atoms with Crippen molar-refractivity contribution < 1.29 is 14.3 Å². The fourth-order valence-electron chi connectivity index (χ4n) is 2.32. The van der Waals surface area contributed by atoms with Gasteiger partial charge in [0, 0.05) is 11.1 Å². The Balaban J connectivity index is 1.91. The van der Waals surface area contributed by atoms with Crippen LogP contribution in [-0.2, 0) is 4.79 Å². The Morgan fingerprint density at radius 1 is 1.04 bits per heavy atom. The summed E-state index contributed by atoms with van der Waals surface area (Å²) in [7, 11) is 3.20. The van der Waals surface area contributed by atoms with Crippen LogP contribution in [0, 0.1) is 6.92 Å². The van der Waals surface area contributed by atoms with Crippen molar-refractivity contribution in [2.45, 2.75) is 6.92 Å². The normalized spacial score (nSPS) is 15.5. The summed E-state index contributed by atoms with van der Waals surface area (Å²) in [4.78, 5) is 17.0. The summed E-state index contributed by atoms with van der Waals surface area (Å²) in [6, 6.07) is 13.4. The SMILES string of the molecule is COc1ccc(OC)c(C=C2SC(c3ccc(C)cc3)=NC2=O)c1. The smallest absolute Gasteiger partial charge is 0.284 e. The van der Waals surface area contributed by atoms with Gasteiger partial charge in [-0.05, 0) is 31.2 Å². The number of rotatable bonds is 4. The van der Waals surface area contributed by atoms with E-state index in [9.17, 15) is 4.79 Å². The standard InChI is InChI=1S/C19H17NO3S/c1-12-4-6-13(7-5-12)19-20-18(21)17(24-19)11-14-10-15(22-2)8-9-16(14)23-3/h4-11H,1-3H3. The highest BCUT2D eigenvalue weighted by atomic mass is 32.2. The van der Waals surface area contributed by atoms with Crippen molar-refractivity contribution in [3.05, 3.63) is 64.1 Å². The maximum absolute atomic E-state index is 12.2. The molecule has 0 saturated carbocycles. The Morgan fingerprint density at radius 3 is 2.46 bits per heavy atom. The summed E-state index contributed by atoms with van der Waals surface area (Å²) in [6.45, 7) is 2.03. The third-order valence-electron chi connectivity index (χ3n) is 3.64. The van der Waals surface area contributed by atoms with Crippen molar-refractivity contribution >= 4 is 28.8 Å². The predicted molar refractivity (Wildman–Crippen MR) is 97.8 cm³/mol. The predicted octanol–water partition coefficient (Wildman–Crippen LogP) is 4.07. The van der Waals surface area contributed by atoms with Crippen LogP contribution < -0.4 is 9.47 Å². The molecule has 4 nitrogen and oxygen atoms in total. The number of ether oxygens (including phenoxy) is 2. The number of methoxy groups -OCH3 is 2. The second-order valence-corrected chi connectivity index (χ2v) is 6.34. The number of amides is 1. The van der Waals surface area contributed by atoms with Crippen molar-refractivity contribution in [3.63, 3.8) is 0 Å². The van der Waals surface area contributed by atoms with E-state index in [1.165, 1.54) is 17.3 Å². The average molecular weight is 339 g/mol. The highest BCUT2D eigenvalue weighted by Crippen LogP contribution is 2.34. The van der Waals surface area contributed by atoms with E-state index in [0.717, 1.165) is 11.1 Å². The maximum atomic E-state index is 12.2. The van der Waals surface area contributed by atoms with Crippen molar-refractivity contribution in [2.24, 2.45) is 4.99 Å². The molecule has 5 heteroatoms. The average Bonchev–Trinajstić information content (AvgIpc) is 2.96. The first-order chi connectivity index (χ1) is 11.6. The summed E-state index contributed by atoms with van der Waals surface area (Å²) < 4.78 is 10.6. The van der Waals surface area contributed by atoms with Crippen LogP contribution in [0.3, 0.4) is 0 Å². The lowest BCUT2D eigenvalue weighted by Crippen LogP contribution is -1.92. The lowest BCUT2D eigenvalue weighted by Gasteiger charge is -2.07. The Bertz CT molecular complexity index is 838. The molecule has 122 valence electrons. The first-order valence-corrected chi connectivity index (χ1v) is 8.24. The summed E-state index contributed by atoms with van der Waals surface area (Å²) in [5.41, 5.74) is 2.90. The van der Waals surface area contributed by atoms with E-state index in [0.29, 0.717) is 21.4 Å². The molecule has 2 aromatic rings. The summed E-state index contributed by atoms with van der Waals surface area (Å²) in [5, 5.41) is 0.716. The second-order valence-electron chi connectivity index (χ2n) is 5.31. The van der Waals surface area contributed by atoms with Crippen LogP contribution in [0.25, 0.3) is 6.08 Å². The van der Waals surface area contributed by atoms with E-state index in [2.05, 4.69) is 4.99 Å². The number of carbonyl (C=O) groups excluding carboxylic acids is 1. The quantitative estimate of drug-likeness (QED) is 0.788. The Hall–Kier alpha value is -2.53. The number of hydrogen-bond acceptors (Lipinski definition) is 4. The highest BCUT2D eigenvalue weighted by Gasteiger charge is 2.23. The molecule has 1 aliphatic rings. The van der Waals surface area contributed by atoms with Crippen LogP contribution in [0.1, 0.15) is 16.7 Å². The topological polar surface area (TPSA) is 47.9 Å².